The van der Waals surface area contributed by atoms with E-state index in [4.69, 9.17) is 5.73 Å². The van der Waals surface area contributed by atoms with Crippen molar-refractivity contribution in [1.29, 1.82) is 0 Å². The fraction of sp³-hybridized carbons (Fsp3) is 0.0769. The summed E-state index contributed by atoms with van der Waals surface area (Å²) in [6, 6.07) is 7.13. The lowest BCUT2D eigenvalue weighted by molar-refractivity contribution is 0.559. The van der Waals surface area contributed by atoms with Gasteiger partial charge in [-0.2, -0.15) is 0 Å². The van der Waals surface area contributed by atoms with E-state index in [2.05, 4.69) is 15.0 Å². The quantitative estimate of drug-likeness (QED) is 0.743. The van der Waals surface area contributed by atoms with Crippen LogP contribution >= 0.6 is 0 Å². The van der Waals surface area contributed by atoms with Gasteiger partial charge in [-0.25, -0.2) is 18.7 Å². The highest BCUT2D eigenvalue weighted by Crippen LogP contribution is 2.17. The van der Waals surface area contributed by atoms with E-state index in [1.165, 1.54) is 18.2 Å². The Morgan fingerprint density at radius 3 is 2.53 bits per heavy atom. The standard InChI is InChI=1S/C13H10F2N4/c14-8-2-1-3-9(15)7(8)6-12-17-10-4-5-11(16)18-13(10)19-12/h1-5H,6H2,(H3,16,17,18,19). The molecule has 3 rings (SSSR count). The predicted molar refractivity (Wildman–Crippen MR) is 67.5 cm³/mol. The normalized spacial score (nSPS) is 11.1. The molecule has 96 valence electrons. The first-order valence-corrected chi connectivity index (χ1v) is 5.67. The molecule has 0 aliphatic heterocycles. The largest absolute Gasteiger partial charge is 0.384 e. The summed E-state index contributed by atoms with van der Waals surface area (Å²) in [5.41, 5.74) is 6.65. The summed E-state index contributed by atoms with van der Waals surface area (Å²) in [4.78, 5) is 11.2. The molecule has 0 unspecified atom stereocenters. The van der Waals surface area contributed by atoms with E-state index in [9.17, 15) is 8.78 Å². The Bertz CT molecular complexity index is 731. The van der Waals surface area contributed by atoms with E-state index in [0.29, 0.717) is 22.8 Å². The SMILES string of the molecule is Nc1ccc2[nH]c(Cc3c(F)cccc3F)nc2n1. The molecule has 1 aromatic carbocycles. The first kappa shape index (κ1) is 11.6. The lowest BCUT2D eigenvalue weighted by Gasteiger charge is -2.01. The molecule has 6 heteroatoms. The Hall–Kier alpha value is -2.50. The van der Waals surface area contributed by atoms with Crippen LogP contribution in [0, 0.1) is 11.6 Å². The van der Waals surface area contributed by atoms with E-state index >= 15 is 0 Å². The number of benzene rings is 1. The van der Waals surface area contributed by atoms with Crippen LogP contribution in [0.2, 0.25) is 0 Å². The Kier molecular flexibility index (Phi) is 2.63. The Morgan fingerprint density at radius 1 is 1.05 bits per heavy atom. The fourth-order valence-corrected chi connectivity index (χ4v) is 1.91. The minimum atomic E-state index is -0.590. The lowest BCUT2D eigenvalue weighted by atomic mass is 10.1. The second kappa shape index (κ2) is 4.31. The molecule has 0 atom stereocenters. The molecule has 0 radical (unpaired) electrons. The van der Waals surface area contributed by atoms with Crippen molar-refractivity contribution in [3.63, 3.8) is 0 Å². The molecular weight excluding hydrogens is 250 g/mol. The van der Waals surface area contributed by atoms with Gasteiger partial charge in [0.2, 0.25) is 0 Å². The summed E-state index contributed by atoms with van der Waals surface area (Å²) in [5.74, 6) is -0.388. The summed E-state index contributed by atoms with van der Waals surface area (Å²) >= 11 is 0. The molecule has 0 bridgehead atoms. The maximum atomic E-state index is 13.5. The number of anilines is 1. The van der Waals surface area contributed by atoms with Crippen LogP contribution in [-0.4, -0.2) is 15.0 Å². The number of nitrogens with two attached hydrogens (primary N) is 1. The van der Waals surface area contributed by atoms with Crippen molar-refractivity contribution in [2.24, 2.45) is 0 Å². The molecule has 3 N–H and O–H groups in total. The second-order valence-corrected chi connectivity index (χ2v) is 4.17. The van der Waals surface area contributed by atoms with Crippen LogP contribution < -0.4 is 5.73 Å². The fourth-order valence-electron chi connectivity index (χ4n) is 1.91. The Morgan fingerprint density at radius 2 is 1.79 bits per heavy atom. The number of nitrogen functional groups attached to an aromatic ring is 1. The number of aromatic amines is 1. The van der Waals surface area contributed by atoms with E-state index in [1.807, 2.05) is 0 Å². The predicted octanol–water partition coefficient (Wildman–Crippen LogP) is 2.41. The van der Waals surface area contributed by atoms with E-state index < -0.39 is 11.6 Å². The van der Waals surface area contributed by atoms with Crippen molar-refractivity contribution in [1.82, 2.24) is 15.0 Å². The van der Waals surface area contributed by atoms with Crippen molar-refractivity contribution in [2.45, 2.75) is 6.42 Å². The van der Waals surface area contributed by atoms with Gasteiger partial charge in [0.25, 0.3) is 0 Å². The van der Waals surface area contributed by atoms with Gasteiger partial charge in [0, 0.05) is 12.0 Å². The average Bonchev–Trinajstić information content (AvgIpc) is 2.75. The molecule has 2 heterocycles. The van der Waals surface area contributed by atoms with E-state index in [-0.39, 0.29) is 12.0 Å². The minimum Gasteiger partial charge on any atom is -0.384 e. The molecule has 3 aromatic rings. The number of imidazole rings is 1. The van der Waals surface area contributed by atoms with Gasteiger partial charge in [-0.15, -0.1) is 0 Å². The van der Waals surface area contributed by atoms with Crippen molar-refractivity contribution in [3.8, 4) is 0 Å². The van der Waals surface area contributed by atoms with Gasteiger partial charge in [-0.05, 0) is 24.3 Å². The van der Waals surface area contributed by atoms with Gasteiger partial charge < -0.3 is 10.7 Å². The molecule has 4 nitrogen and oxygen atoms in total. The van der Waals surface area contributed by atoms with Gasteiger partial charge in [-0.3, -0.25) is 0 Å². The number of hydrogen-bond acceptors (Lipinski definition) is 3. The first-order chi connectivity index (χ1) is 9.13. The van der Waals surface area contributed by atoms with Crippen LogP contribution in [0.1, 0.15) is 11.4 Å². The van der Waals surface area contributed by atoms with E-state index in [1.54, 1.807) is 12.1 Å². The van der Waals surface area contributed by atoms with Crippen molar-refractivity contribution in [2.75, 3.05) is 5.73 Å². The smallest absolute Gasteiger partial charge is 0.179 e. The number of fused-ring (bicyclic) bond motifs is 1. The number of nitrogens with zero attached hydrogens (tertiary/aromatic N) is 2. The molecule has 0 saturated carbocycles. The van der Waals surface area contributed by atoms with Gasteiger partial charge >= 0.3 is 0 Å². The topological polar surface area (TPSA) is 67.6 Å². The zero-order chi connectivity index (χ0) is 13.4. The number of halogens is 2. The summed E-state index contributed by atoms with van der Waals surface area (Å²) < 4.78 is 27.1. The summed E-state index contributed by atoms with van der Waals surface area (Å²) in [7, 11) is 0. The number of hydrogen-bond donors (Lipinski definition) is 2. The molecule has 0 aliphatic rings. The maximum Gasteiger partial charge on any atom is 0.179 e. The monoisotopic (exact) mass is 260 g/mol. The van der Waals surface area contributed by atoms with Gasteiger partial charge in [0.15, 0.2) is 5.65 Å². The van der Waals surface area contributed by atoms with Crippen LogP contribution in [0.15, 0.2) is 30.3 Å². The third-order valence-corrected chi connectivity index (χ3v) is 2.82. The van der Waals surface area contributed by atoms with Gasteiger partial charge in [0.1, 0.15) is 23.3 Å². The van der Waals surface area contributed by atoms with Crippen LogP contribution in [0.3, 0.4) is 0 Å². The molecular formula is C13H10F2N4. The van der Waals surface area contributed by atoms with Gasteiger partial charge in [0.05, 0.1) is 5.52 Å². The average molecular weight is 260 g/mol. The maximum absolute atomic E-state index is 13.5. The van der Waals surface area contributed by atoms with Crippen molar-refractivity contribution < 1.29 is 8.78 Å². The summed E-state index contributed by atoms with van der Waals surface area (Å²) in [5, 5.41) is 0. The highest BCUT2D eigenvalue weighted by atomic mass is 19.1. The Labute approximate surface area is 107 Å². The summed E-state index contributed by atoms with van der Waals surface area (Å²) in [6.07, 6.45) is 0.0365. The first-order valence-electron chi connectivity index (χ1n) is 5.67. The van der Waals surface area contributed by atoms with Crippen molar-refractivity contribution in [3.05, 3.63) is 53.4 Å². The molecule has 0 fully saturated rings. The van der Waals surface area contributed by atoms with E-state index in [0.717, 1.165) is 0 Å². The molecule has 19 heavy (non-hydrogen) atoms. The lowest BCUT2D eigenvalue weighted by Crippen LogP contribution is -1.98. The zero-order valence-electron chi connectivity index (χ0n) is 9.82. The number of rotatable bonds is 2. The third kappa shape index (κ3) is 2.12. The highest BCUT2D eigenvalue weighted by molar-refractivity contribution is 5.72. The number of aromatic nitrogens is 3. The molecule has 2 aromatic heterocycles. The highest BCUT2D eigenvalue weighted by Gasteiger charge is 2.12. The molecule has 0 spiro atoms. The summed E-state index contributed by atoms with van der Waals surface area (Å²) in [6.45, 7) is 0. The van der Waals surface area contributed by atoms with Crippen LogP contribution in [0.5, 0.6) is 0 Å². The Balaban J connectivity index is 2.01. The molecule has 0 saturated heterocycles. The van der Waals surface area contributed by atoms with Crippen LogP contribution in [-0.2, 0) is 6.42 Å². The minimum absolute atomic E-state index is 0.0190. The number of H-pyrrole nitrogens is 1. The van der Waals surface area contributed by atoms with Crippen molar-refractivity contribution >= 4 is 17.0 Å². The third-order valence-electron chi connectivity index (χ3n) is 2.82. The zero-order valence-corrected chi connectivity index (χ0v) is 9.82. The molecule has 0 aliphatic carbocycles. The second-order valence-electron chi connectivity index (χ2n) is 4.17. The van der Waals surface area contributed by atoms with Crippen LogP contribution in [0.4, 0.5) is 14.6 Å². The van der Waals surface area contributed by atoms with Crippen LogP contribution in [0.25, 0.3) is 11.2 Å². The van der Waals surface area contributed by atoms with Gasteiger partial charge in [-0.1, -0.05) is 6.07 Å². The number of nitrogens with one attached hydrogen (secondary N) is 1. The molecule has 0 amide bonds. The number of pyridine rings is 1.